The number of hydrogen-bond donors (Lipinski definition) is 1. The van der Waals surface area contributed by atoms with Crippen molar-refractivity contribution in [3.8, 4) is 17.1 Å². The van der Waals surface area contributed by atoms with E-state index in [0.717, 1.165) is 22.6 Å². The Hall–Kier alpha value is -2.91. The number of sulfonamides is 1. The van der Waals surface area contributed by atoms with Gasteiger partial charge >= 0.3 is 0 Å². The van der Waals surface area contributed by atoms with Gasteiger partial charge in [-0.05, 0) is 35.6 Å². The van der Waals surface area contributed by atoms with Crippen LogP contribution in [0.4, 0.5) is 5.82 Å². The van der Waals surface area contributed by atoms with Gasteiger partial charge in [-0.15, -0.1) is 0 Å². The van der Waals surface area contributed by atoms with Crippen LogP contribution in [0.15, 0.2) is 41.2 Å². The first-order valence-corrected chi connectivity index (χ1v) is 11.4. The van der Waals surface area contributed by atoms with Crippen molar-refractivity contribution in [3.05, 3.63) is 41.7 Å². The van der Waals surface area contributed by atoms with Crippen LogP contribution in [0.3, 0.4) is 0 Å². The van der Waals surface area contributed by atoms with E-state index < -0.39 is 10.0 Å². The number of nitrogens with zero attached hydrogens (tertiary/aromatic N) is 3. The van der Waals surface area contributed by atoms with Crippen LogP contribution in [0.1, 0.15) is 13.8 Å². The Balaban J connectivity index is 1.78. The number of fused-ring (bicyclic) bond motifs is 2. The van der Waals surface area contributed by atoms with Crippen LogP contribution in [-0.2, 0) is 10.0 Å². The van der Waals surface area contributed by atoms with Gasteiger partial charge in [-0.1, -0.05) is 30.6 Å². The van der Waals surface area contributed by atoms with Crippen molar-refractivity contribution in [1.82, 2.24) is 15.1 Å². The highest BCUT2D eigenvalue weighted by atomic mass is 35.5. The molecule has 0 saturated heterocycles. The van der Waals surface area contributed by atoms with Crippen molar-refractivity contribution < 1.29 is 17.7 Å². The minimum atomic E-state index is -3.48. The van der Waals surface area contributed by atoms with Gasteiger partial charge in [0.2, 0.25) is 15.9 Å². The van der Waals surface area contributed by atoms with Gasteiger partial charge in [0.1, 0.15) is 5.02 Å². The first kappa shape index (κ1) is 20.4. The highest BCUT2D eigenvalue weighted by Gasteiger charge is 2.16. The maximum atomic E-state index is 11.6. The molecule has 156 valence electrons. The summed E-state index contributed by atoms with van der Waals surface area (Å²) in [6.45, 7) is 4.61. The number of anilines is 1. The summed E-state index contributed by atoms with van der Waals surface area (Å²) in [5, 5.41) is 6.41. The van der Waals surface area contributed by atoms with E-state index in [0.29, 0.717) is 40.1 Å². The molecule has 10 heteroatoms. The van der Waals surface area contributed by atoms with E-state index in [1.807, 2.05) is 19.9 Å². The van der Waals surface area contributed by atoms with Crippen molar-refractivity contribution >= 4 is 49.2 Å². The van der Waals surface area contributed by atoms with Crippen LogP contribution in [0, 0.1) is 5.92 Å². The van der Waals surface area contributed by atoms with E-state index >= 15 is 0 Å². The molecule has 1 aromatic carbocycles. The van der Waals surface area contributed by atoms with Crippen molar-refractivity contribution in [2.45, 2.75) is 13.8 Å². The van der Waals surface area contributed by atoms with Gasteiger partial charge in [0.15, 0.2) is 11.4 Å². The summed E-state index contributed by atoms with van der Waals surface area (Å²) in [5.41, 5.74) is 1.81. The summed E-state index contributed by atoms with van der Waals surface area (Å²) in [4.78, 5) is 8.82. The summed E-state index contributed by atoms with van der Waals surface area (Å²) in [6, 6.07) is 7.15. The zero-order chi connectivity index (χ0) is 21.5. The second-order valence-corrected chi connectivity index (χ2v) is 9.51. The summed E-state index contributed by atoms with van der Waals surface area (Å²) < 4.78 is 36.4. The molecule has 0 unspecified atom stereocenters. The van der Waals surface area contributed by atoms with Gasteiger partial charge in [-0.3, -0.25) is 9.71 Å². The Kier molecular flexibility index (Phi) is 5.25. The van der Waals surface area contributed by atoms with Crippen LogP contribution in [0.5, 0.6) is 5.88 Å². The van der Waals surface area contributed by atoms with Crippen molar-refractivity contribution in [2.75, 3.05) is 17.6 Å². The Morgan fingerprint density at radius 3 is 2.70 bits per heavy atom. The number of halogens is 1. The molecular formula is C20H19ClN4O4S. The van der Waals surface area contributed by atoms with E-state index in [9.17, 15) is 8.42 Å². The SMILES string of the molecule is CC(C)COc1ncc(-c2nccc3cc4c(NS(C)(=O)=O)noc4cc23)cc1Cl. The number of rotatable bonds is 6. The van der Waals surface area contributed by atoms with Gasteiger partial charge < -0.3 is 9.26 Å². The highest BCUT2D eigenvalue weighted by molar-refractivity contribution is 7.92. The molecule has 0 aliphatic heterocycles. The fourth-order valence-electron chi connectivity index (χ4n) is 2.99. The summed E-state index contributed by atoms with van der Waals surface area (Å²) >= 11 is 6.36. The summed E-state index contributed by atoms with van der Waals surface area (Å²) in [6.07, 6.45) is 4.38. The smallest absolute Gasteiger partial charge is 0.232 e. The predicted molar refractivity (Wildman–Crippen MR) is 116 cm³/mol. The lowest BCUT2D eigenvalue weighted by Gasteiger charge is -2.11. The molecule has 3 aromatic heterocycles. The average Bonchev–Trinajstić information content (AvgIpc) is 3.04. The van der Waals surface area contributed by atoms with E-state index in [2.05, 4.69) is 19.8 Å². The van der Waals surface area contributed by atoms with E-state index in [1.54, 1.807) is 30.6 Å². The molecule has 4 aromatic rings. The quantitative estimate of drug-likeness (QED) is 0.464. The first-order valence-electron chi connectivity index (χ1n) is 9.16. The molecule has 0 fully saturated rings. The minimum Gasteiger partial charge on any atom is -0.476 e. The number of nitrogens with one attached hydrogen (secondary N) is 1. The molecule has 4 rings (SSSR count). The topological polar surface area (TPSA) is 107 Å². The summed E-state index contributed by atoms with van der Waals surface area (Å²) in [7, 11) is -3.48. The monoisotopic (exact) mass is 446 g/mol. The zero-order valence-electron chi connectivity index (χ0n) is 16.5. The standard InChI is InChI=1S/C20H19ClN4O4S/c1-11(2)10-28-20-16(21)7-13(9-23-20)18-14-8-17-15(6-12(14)4-5-22-18)19(24-29-17)25-30(3,26)27/h4-9,11H,10H2,1-3H3,(H,24,25). The zero-order valence-corrected chi connectivity index (χ0v) is 18.1. The molecule has 0 aliphatic rings. The third-order valence-electron chi connectivity index (χ3n) is 4.27. The van der Waals surface area contributed by atoms with E-state index in [4.69, 9.17) is 20.9 Å². The molecule has 0 saturated carbocycles. The van der Waals surface area contributed by atoms with Crippen molar-refractivity contribution in [1.29, 1.82) is 0 Å². The van der Waals surface area contributed by atoms with Gasteiger partial charge in [0, 0.05) is 23.3 Å². The van der Waals surface area contributed by atoms with Crippen molar-refractivity contribution in [3.63, 3.8) is 0 Å². The predicted octanol–water partition coefficient (Wildman–Crippen LogP) is 4.50. The number of aromatic nitrogens is 3. The highest BCUT2D eigenvalue weighted by Crippen LogP contribution is 2.35. The molecule has 0 radical (unpaired) electrons. The largest absolute Gasteiger partial charge is 0.476 e. The third-order valence-corrected chi connectivity index (χ3v) is 5.11. The van der Waals surface area contributed by atoms with Gasteiger partial charge in [0.25, 0.3) is 0 Å². The normalized spacial score (nSPS) is 12.0. The maximum Gasteiger partial charge on any atom is 0.232 e. The molecule has 0 bridgehead atoms. The Bertz CT molecular complexity index is 1350. The van der Waals surface area contributed by atoms with Gasteiger partial charge in [0.05, 0.1) is 23.9 Å². The van der Waals surface area contributed by atoms with Crippen LogP contribution in [0.2, 0.25) is 5.02 Å². The number of ether oxygens (including phenoxy) is 1. The number of benzene rings is 1. The first-order chi connectivity index (χ1) is 14.2. The lowest BCUT2D eigenvalue weighted by molar-refractivity contribution is 0.261. The van der Waals surface area contributed by atoms with Gasteiger partial charge in [-0.25, -0.2) is 13.4 Å². The Morgan fingerprint density at radius 1 is 1.20 bits per heavy atom. The fourth-order valence-corrected chi connectivity index (χ4v) is 3.71. The van der Waals surface area contributed by atoms with Crippen LogP contribution >= 0.6 is 11.6 Å². The van der Waals surface area contributed by atoms with Crippen LogP contribution in [-0.4, -0.2) is 36.4 Å². The minimum absolute atomic E-state index is 0.143. The molecule has 0 amide bonds. The molecule has 0 aliphatic carbocycles. The molecule has 3 heterocycles. The molecule has 30 heavy (non-hydrogen) atoms. The fraction of sp³-hybridized carbons (Fsp3) is 0.250. The molecular weight excluding hydrogens is 428 g/mol. The lowest BCUT2D eigenvalue weighted by Crippen LogP contribution is -2.09. The average molecular weight is 447 g/mol. The molecule has 0 atom stereocenters. The molecule has 8 nitrogen and oxygen atoms in total. The second kappa shape index (κ2) is 7.73. The van der Waals surface area contributed by atoms with Crippen LogP contribution in [0.25, 0.3) is 33.0 Å². The summed E-state index contributed by atoms with van der Waals surface area (Å²) in [5.74, 6) is 0.876. The maximum absolute atomic E-state index is 11.6. The van der Waals surface area contributed by atoms with Crippen LogP contribution < -0.4 is 9.46 Å². The van der Waals surface area contributed by atoms with Crippen molar-refractivity contribution in [2.24, 2.45) is 5.92 Å². The molecule has 0 spiro atoms. The number of hydrogen-bond acceptors (Lipinski definition) is 7. The number of pyridine rings is 2. The second-order valence-electron chi connectivity index (χ2n) is 7.35. The lowest BCUT2D eigenvalue weighted by atomic mass is 10.0. The van der Waals surface area contributed by atoms with E-state index in [1.165, 1.54) is 0 Å². The Labute approximate surface area is 178 Å². The Morgan fingerprint density at radius 2 is 2.00 bits per heavy atom. The van der Waals surface area contributed by atoms with E-state index in [-0.39, 0.29) is 5.82 Å². The van der Waals surface area contributed by atoms with Gasteiger partial charge in [-0.2, -0.15) is 0 Å². The third kappa shape index (κ3) is 4.17. The molecule has 1 N–H and O–H groups in total.